The van der Waals surface area contributed by atoms with Gasteiger partial charge in [0, 0.05) is 6.07 Å². The normalized spacial score (nSPS) is 11.4. The van der Waals surface area contributed by atoms with Gasteiger partial charge in [-0.05, 0) is 24.3 Å². The van der Waals surface area contributed by atoms with E-state index in [1.54, 1.807) is 0 Å². The Hall–Kier alpha value is -1.83. The lowest BCUT2D eigenvalue weighted by molar-refractivity contribution is -0.384. The van der Waals surface area contributed by atoms with E-state index >= 15 is 0 Å². The molecule has 142 valence electrons. The van der Waals surface area contributed by atoms with Gasteiger partial charge in [0.05, 0.1) is 14.8 Å². The lowest BCUT2D eigenvalue weighted by Gasteiger charge is -2.00. The van der Waals surface area contributed by atoms with Crippen molar-refractivity contribution >= 4 is 48.9 Å². The van der Waals surface area contributed by atoms with Gasteiger partial charge in [-0.2, -0.15) is 0 Å². The Morgan fingerprint density at radius 1 is 1.00 bits per heavy atom. The van der Waals surface area contributed by atoms with Crippen molar-refractivity contribution in [2.75, 3.05) is 0 Å². The first-order chi connectivity index (χ1) is 11.7. The number of hydrogen-bond donors (Lipinski definition) is 2. The summed E-state index contributed by atoms with van der Waals surface area (Å²) in [6.07, 6.45) is 0. The minimum absolute atomic E-state index is 0.200. The molecule has 0 bridgehead atoms. The molecule has 26 heavy (non-hydrogen) atoms. The van der Waals surface area contributed by atoms with Crippen LogP contribution in [-0.4, -0.2) is 21.8 Å². The first-order valence-corrected chi connectivity index (χ1v) is 10.0. The zero-order valence-corrected chi connectivity index (χ0v) is 15.6. The molecule has 14 heteroatoms. The van der Waals surface area contributed by atoms with Gasteiger partial charge in [0.25, 0.3) is 5.69 Å². The van der Waals surface area contributed by atoms with Gasteiger partial charge < -0.3 is 0 Å². The topological polar surface area (TPSA) is 163 Å². The summed E-state index contributed by atoms with van der Waals surface area (Å²) in [4.78, 5) is 8.95. The van der Waals surface area contributed by atoms with E-state index in [1.807, 2.05) is 0 Å². The number of nitro benzene ring substituents is 1. The first kappa shape index (κ1) is 22.2. The molecule has 4 N–H and O–H groups in total. The van der Waals surface area contributed by atoms with Crippen LogP contribution in [0.4, 0.5) is 10.1 Å². The molecule has 0 saturated heterocycles. The van der Waals surface area contributed by atoms with Crippen molar-refractivity contribution in [3.63, 3.8) is 0 Å². The van der Waals surface area contributed by atoms with Crippen LogP contribution in [0.3, 0.4) is 0 Å². The summed E-state index contributed by atoms with van der Waals surface area (Å²) in [5.41, 5.74) is -0.488. The summed E-state index contributed by atoms with van der Waals surface area (Å²) in [5, 5.41) is 19.2. The second-order valence-electron chi connectivity index (χ2n) is 4.51. The quantitative estimate of drug-likeness (QED) is 0.541. The number of halogens is 3. The van der Waals surface area contributed by atoms with E-state index in [4.69, 9.17) is 33.5 Å². The third kappa shape index (κ3) is 5.86. The van der Waals surface area contributed by atoms with E-state index in [-0.39, 0.29) is 9.92 Å². The fourth-order valence-corrected chi connectivity index (χ4v) is 3.44. The van der Waals surface area contributed by atoms with E-state index in [9.17, 15) is 31.3 Å². The number of nitro groups is 1. The molecule has 0 aromatic heterocycles. The summed E-state index contributed by atoms with van der Waals surface area (Å²) < 4.78 is 55.7. The molecule has 0 saturated carbocycles. The first-order valence-electron chi connectivity index (χ1n) is 6.18. The molecule has 0 unspecified atom stereocenters. The minimum Gasteiger partial charge on any atom is -0.258 e. The van der Waals surface area contributed by atoms with Crippen molar-refractivity contribution in [3.05, 3.63) is 62.4 Å². The molecular weight excluding hydrogens is 436 g/mol. The molecule has 0 heterocycles. The maximum Gasteiger partial charge on any atom is 0.289 e. The average molecular weight is 446 g/mol. The highest BCUT2D eigenvalue weighted by Gasteiger charge is 2.21. The second-order valence-corrected chi connectivity index (χ2v) is 8.39. The van der Waals surface area contributed by atoms with Crippen molar-refractivity contribution in [2.24, 2.45) is 10.3 Å². The van der Waals surface area contributed by atoms with E-state index < -0.39 is 46.4 Å². The zero-order valence-electron chi connectivity index (χ0n) is 12.5. The number of hydrogen-bond acceptors (Lipinski definition) is 6. The Morgan fingerprint density at radius 3 is 2.00 bits per heavy atom. The molecule has 0 aliphatic rings. The van der Waals surface area contributed by atoms with Gasteiger partial charge in [-0.15, -0.1) is 0 Å². The standard InChI is InChI=1S/C6H5ClFNO2S.C6H5ClN2O4S/c7-5-3-4(12(9,10)11)1-2-6(5)8;7-6-4(9(10)11)2-1-3-5(6)14(8,12)13/h1-3H,(H2,9,10,11);1-3H,(H2,8,12,13). The van der Waals surface area contributed by atoms with Gasteiger partial charge in [-0.25, -0.2) is 31.5 Å². The van der Waals surface area contributed by atoms with Crippen LogP contribution >= 0.6 is 23.2 Å². The number of nitrogens with zero attached hydrogens (tertiary/aromatic N) is 1. The zero-order chi connectivity index (χ0) is 20.3. The number of rotatable bonds is 3. The van der Waals surface area contributed by atoms with Crippen LogP contribution in [0, 0.1) is 15.9 Å². The average Bonchev–Trinajstić information content (AvgIpc) is 2.48. The lowest BCUT2D eigenvalue weighted by atomic mass is 10.3. The van der Waals surface area contributed by atoms with Gasteiger partial charge in [0.2, 0.25) is 20.0 Å². The Morgan fingerprint density at radius 2 is 1.58 bits per heavy atom. The summed E-state index contributed by atoms with van der Waals surface area (Å²) >= 11 is 10.8. The molecule has 0 spiro atoms. The molecular formula is C12H10Cl2FN3O6S2. The number of primary sulfonamides is 2. The van der Waals surface area contributed by atoms with Gasteiger partial charge in [0.15, 0.2) is 0 Å². The monoisotopic (exact) mass is 445 g/mol. The smallest absolute Gasteiger partial charge is 0.258 e. The van der Waals surface area contributed by atoms with Gasteiger partial charge in [-0.3, -0.25) is 10.1 Å². The lowest BCUT2D eigenvalue weighted by Crippen LogP contribution is -2.13. The van der Waals surface area contributed by atoms with E-state index in [0.717, 1.165) is 30.3 Å². The second kappa shape index (κ2) is 8.24. The molecule has 0 fully saturated rings. The Labute approximate surface area is 157 Å². The molecule has 2 aromatic rings. The molecule has 0 amide bonds. The molecule has 0 atom stereocenters. The maximum atomic E-state index is 12.5. The molecule has 2 rings (SSSR count). The largest absolute Gasteiger partial charge is 0.289 e. The van der Waals surface area contributed by atoms with Crippen LogP contribution in [0.5, 0.6) is 0 Å². The predicted molar refractivity (Wildman–Crippen MR) is 92.3 cm³/mol. The van der Waals surface area contributed by atoms with Crippen LogP contribution < -0.4 is 10.3 Å². The van der Waals surface area contributed by atoms with E-state index in [1.165, 1.54) is 6.07 Å². The number of benzene rings is 2. The molecule has 0 aliphatic heterocycles. The van der Waals surface area contributed by atoms with Crippen LogP contribution in [0.2, 0.25) is 10.0 Å². The third-order valence-electron chi connectivity index (χ3n) is 2.67. The van der Waals surface area contributed by atoms with Crippen LogP contribution in [0.1, 0.15) is 0 Å². The van der Waals surface area contributed by atoms with Gasteiger partial charge >= 0.3 is 0 Å². The highest BCUT2D eigenvalue weighted by Crippen LogP contribution is 2.29. The highest BCUT2D eigenvalue weighted by molar-refractivity contribution is 7.89. The molecule has 0 radical (unpaired) electrons. The molecule has 9 nitrogen and oxygen atoms in total. The summed E-state index contributed by atoms with van der Waals surface area (Å²) in [6, 6.07) is 6.36. The molecule has 0 aliphatic carbocycles. The maximum absolute atomic E-state index is 12.5. The van der Waals surface area contributed by atoms with E-state index in [2.05, 4.69) is 0 Å². The van der Waals surface area contributed by atoms with Crippen molar-refractivity contribution < 1.29 is 26.1 Å². The Kier molecular flexibility index (Phi) is 7.04. The summed E-state index contributed by atoms with van der Waals surface area (Å²) in [7, 11) is -7.82. The van der Waals surface area contributed by atoms with Gasteiger partial charge in [-0.1, -0.05) is 29.3 Å². The van der Waals surface area contributed by atoms with Crippen molar-refractivity contribution in [2.45, 2.75) is 9.79 Å². The summed E-state index contributed by atoms with van der Waals surface area (Å²) in [5.74, 6) is -0.677. The van der Waals surface area contributed by atoms with Crippen molar-refractivity contribution in [1.82, 2.24) is 0 Å². The number of nitrogens with two attached hydrogens (primary N) is 2. The highest BCUT2D eigenvalue weighted by atomic mass is 35.5. The fourth-order valence-electron chi connectivity index (χ4n) is 1.51. The summed E-state index contributed by atoms with van der Waals surface area (Å²) in [6.45, 7) is 0. The number of sulfonamides is 2. The Balaban J connectivity index is 0.000000263. The van der Waals surface area contributed by atoms with Crippen LogP contribution in [0.15, 0.2) is 46.2 Å². The van der Waals surface area contributed by atoms with Crippen LogP contribution in [-0.2, 0) is 20.0 Å². The van der Waals surface area contributed by atoms with Crippen molar-refractivity contribution in [3.8, 4) is 0 Å². The minimum atomic E-state index is -4.03. The predicted octanol–water partition coefficient (Wildman–Crippen LogP) is 2.02. The third-order valence-corrected chi connectivity index (χ3v) is 5.33. The SMILES string of the molecule is NS(=O)(=O)c1ccc(F)c(Cl)c1.NS(=O)(=O)c1cccc([N+](=O)[O-])c1Cl. The fraction of sp³-hybridized carbons (Fsp3) is 0. The van der Waals surface area contributed by atoms with E-state index in [0.29, 0.717) is 0 Å². The Bertz CT molecular complexity index is 1060. The van der Waals surface area contributed by atoms with Crippen LogP contribution in [0.25, 0.3) is 0 Å². The molecule has 2 aromatic carbocycles. The van der Waals surface area contributed by atoms with Gasteiger partial charge in [0.1, 0.15) is 15.7 Å². The van der Waals surface area contributed by atoms with Crippen molar-refractivity contribution in [1.29, 1.82) is 0 Å².